The highest BCUT2D eigenvalue weighted by Crippen LogP contribution is 2.22. The monoisotopic (exact) mass is 356 g/mol. The third-order valence-electron chi connectivity index (χ3n) is 3.98. The summed E-state index contributed by atoms with van der Waals surface area (Å²) in [6.07, 6.45) is 3.12. The topological polar surface area (TPSA) is 112 Å². The molecule has 26 heavy (non-hydrogen) atoms. The summed E-state index contributed by atoms with van der Waals surface area (Å²) in [4.78, 5) is 0. The Morgan fingerprint density at radius 1 is 0.654 bits per heavy atom. The zero-order valence-corrected chi connectivity index (χ0v) is 14.0. The van der Waals surface area contributed by atoms with E-state index in [1.807, 2.05) is 10.0 Å². The zero-order valence-electron chi connectivity index (χ0n) is 14.0. The van der Waals surface area contributed by atoms with E-state index in [4.69, 9.17) is 0 Å². The molecule has 2 aromatic carbocycles. The Hall–Kier alpha value is -3.42. The van der Waals surface area contributed by atoms with Gasteiger partial charge < -0.3 is 20.4 Å². The number of hydrogen-bond donors (Lipinski definition) is 4. The smallest absolute Gasteiger partial charge is 0.128 e. The molecular formula is C18H20N4O4. The first-order chi connectivity index (χ1) is 12.5. The van der Waals surface area contributed by atoms with Crippen LogP contribution in [0.25, 0.3) is 0 Å². The van der Waals surface area contributed by atoms with Gasteiger partial charge in [-0.3, -0.25) is 10.0 Å². The summed E-state index contributed by atoms with van der Waals surface area (Å²) in [5.41, 5.74) is 1.07. The van der Waals surface area contributed by atoms with Crippen LogP contribution in [0.5, 0.6) is 23.0 Å². The number of piperazine rings is 1. The molecule has 136 valence electrons. The van der Waals surface area contributed by atoms with Crippen molar-refractivity contribution in [1.82, 2.24) is 10.0 Å². The van der Waals surface area contributed by atoms with Crippen molar-refractivity contribution >= 4 is 12.4 Å². The van der Waals surface area contributed by atoms with Gasteiger partial charge in [-0.15, -0.1) is 0 Å². The Morgan fingerprint density at radius 3 is 1.38 bits per heavy atom. The first kappa shape index (κ1) is 17.4. The molecule has 0 aliphatic carbocycles. The van der Waals surface area contributed by atoms with E-state index in [0.717, 1.165) is 0 Å². The molecule has 0 unspecified atom stereocenters. The lowest BCUT2D eigenvalue weighted by molar-refractivity contribution is 0.141. The standard InChI is InChI=1S/C18H20N4O4/c23-15-3-1-13(17(25)9-15)11-19-21-5-7-22(8-6-21)20-12-14-2-4-16(24)10-18(14)26/h1-4,9-12,23-26H,5-8H2/b19-11-,20-12+. The summed E-state index contributed by atoms with van der Waals surface area (Å²) in [6.45, 7) is 2.64. The van der Waals surface area contributed by atoms with Crippen LogP contribution >= 0.6 is 0 Å². The fourth-order valence-electron chi connectivity index (χ4n) is 2.49. The molecule has 0 aromatic heterocycles. The van der Waals surface area contributed by atoms with Gasteiger partial charge in [0.25, 0.3) is 0 Å². The van der Waals surface area contributed by atoms with Crippen molar-refractivity contribution in [2.24, 2.45) is 10.2 Å². The van der Waals surface area contributed by atoms with Crippen molar-refractivity contribution in [2.45, 2.75) is 0 Å². The minimum Gasteiger partial charge on any atom is -0.508 e. The molecule has 0 bridgehead atoms. The molecule has 1 heterocycles. The first-order valence-electron chi connectivity index (χ1n) is 8.13. The summed E-state index contributed by atoms with van der Waals surface area (Å²) in [6, 6.07) is 8.72. The highest BCUT2D eigenvalue weighted by molar-refractivity contribution is 5.84. The Kier molecular flexibility index (Phi) is 5.12. The van der Waals surface area contributed by atoms with Crippen LogP contribution in [0.3, 0.4) is 0 Å². The van der Waals surface area contributed by atoms with Crippen LogP contribution < -0.4 is 0 Å². The Bertz CT molecular complexity index is 760. The average Bonchev–Trinajstić information content (AvgIpc) is 2.61. The van der Waals surface area contributed by atoms with Crippen molar-refractivity contribution in [1.29, 1.82) is 0 Å². The van der Waals surface area contributed by atoms with E-state index < -0.39 is 0 Å². The first-order valence-corrected chi connectivity index (χ1v) is 8.13. The minimum absolute atomic E-state index is 0.00536. The molecule has 0 amide bonds. The lowest BCUT2D eigenvalue weighted by Gasteiger charge is -2.31. The number of hydrazone groups is 2. The number of phenols is 4. The van der Waals surface area contributed by atoms with E-state index in [2.05, 4.69) is 10.2 Å². The van der Waals surface area contributed by atoms with E-state index in [-0.39, 0.29) is 23.0 Å². The highest BCUT2D eigenvalue weighted by atomic mass is 16.3. The Balaban J connectivity index is 1.54. The molecule has 1 saturated heterocycles. The van der Waals surface area contributed by atoms with E-state index in [9.17, 15) is 20.4 Å². The minimum atomic E-state index is -0.0225. The summed E-state index contributed by atoms with van der Waals surface area (Å²) in [5, 5.41) is 50.5. The third kappa shape index (κ3) is 4.35. The molecule has 1 aliphatic heterocycles. The summed E-state index contributed by atoms with van der Waals surface area (Å²) in [5.74, 6) is -0.0343. The van der Waals surface area contributed by atoms with Crippen LogP contribution in [0.4, 0.5) is 0 Å². The second-order valence-corrected chi connectivity index (χ2v) is 5.88. The molecule has 0 radical (unpaired) electrons. The molecule has 8 nitrogen and oxygen atoms in total. The fourth-order valence-corrected chi connectivity index (χ4v) is 2.49. The maximum atomic E-state index is 9.75. The van der Waals surface area contributed by atoms with E-state index in [1.165, 1.54) is 24.3 Å². The van der Waals surface area contributed by atoms with E-state index >= 15 is 0 Å². The largest absolute Gasteiger partial charge is 0.508 e. The van der Waals surface area contributed by atoms with Crippen LogP contribution in [0.2, 0.25) is 0 Å². The van der Waals surface area contributed by atoms with Gasteiger partial charge in [0.2, 0.25) is 0 Å². The number of aromatic hydroxyl groups is 4. The fraction of sp³-hybridized carbons (Fsp3) is 0.222. The van der Waals surface area contributed by atoms with Gasteiger partial charge in [-0.25, -0.2) is 0 Å². The van der Waals surface area contributed by atoms with E-state index in [1.54, 1.807) is 24.6 Å². The third-order valence-corrected chi connectivity index (χ3v) is 3.98. The van der Waals surface area contributed by atoms with Gasteiger partial charge >= 0.3 is 0 Å². The summed E-state index contributed by atoms with van der Waals surface area (Å²) < 4.78 is 0. The van der Waals surface area contributed by atoms with Crippen molar-refractivity contribution < 1.29 is 20.4 Å². The lowest BCUT2D eigenvalue weighted by Crippen LogP contribution is -2.41. The molecule has 8 heteroatoms. The number of benzene rings is 2. The van der Waals surface area contributed by atoms with Crippen LogP contribution in [-0.2, 0) is 0 Å². The van der Waals surface area contributed by atoms with Crippen molar-refractivity contribution in [3.05, 3.63) is 47.5 Å². The van der Waals surface area contributed by atoms with Gasteiger partial charge in [-0.1, -0.05) is 0 Å². The van der Waals surface area contributed by atoms with Gasteiger partial charge in [-0.05, 0) is 24.3 Å². The molecule has 1 aliphatic rings. The van der Waals surface area contributed by atoms with Gasteiger partial charge in [0, 0.05) is 23.3 Å². The number of phenolic OH excluding ortho intramolecular Hbond substituents is 4. The molecule has 3 rings (SSSR count). The molecule has 2 aromatic rings. The van der Waals surface area contributed by atoms with Crippen molar-refractivity contribution in [3.63, 3.8) is 0 Å². The Labute approximate surface area is 150 Å². The maximum Gasteiger partial charge on any atom is 0.128 e. The average molecular weight is 356 g/mol. The summed E-state index contributed by atoms with van der Waals surface area (Å²) in [7, 11) is 0. The molecule has 0 atom stereocenters. The van der Waals surface area contributed by atoms with Crippen LogP contribution in [-0.4, -0.2) is 69.1 Å². The molecule has 0 saturated carbocycles. The lowest BCUT2D eigenvalue weighted by atomic mass is 10.2. The van der Waals surface area contributed by atoms with Gasteiger partial charge in [0.05, 0.1) is 38.6 Å². The number of rotatable bonds is 4. The van der Waals surface area contributed by atoms with E-state index in [0.29, 0.717) is 37.3 Å². The quantitative estimate of drug-likeness (QED) is 0.618. The number of hydrogen-bond acceptors (Lipinski definition) is 8. The zero-order chi connectivity index (χ0) is 18.5. The number of nitrogens with zero attached hydrogens (tertiary/aromatic N) is 4. The maximum absolute atomic E-state index is 9.75. The SMILES string of the molecule is Oc1ccc(/C=N\N2CCN(/N=C/c3ccc(O)cc3O)CC2)c(O)c1. The molecule has 0 spiro atoms. The van der Waals surface area contributed by atoms with Crippen LogP contribution in [0.15, 0.2) is 46.6 Å². The van der Waals surface area contributed by atoms with Gasteiger partial charge in [-0.2, -0.15) is 10.2 Å². The van der Waals surface area contributed by atoms with Crippen molar-refractivity contribution in [2.75, 3.05) is 26.2 Å². The van der Waals surface area contributed by atoms with Gasteiger partial charge in [0.1, 0.15) is 23.0 Å². The van der Waals surface area contributed by atoms with Crippen molar-refractivity contribution in [3.8, 4) is 23.0 Å². The molecular weight excluding hydrogens is 336 g/mol. The predicted octanol–water partition coefficient (Wildman–Crippen LogP) is 1.49. The predicted molar refractivity (Wildman–Crippen MR) is 97.9 cm³/mol. The summed E-state index contributed by atoms with van der Waals surface area (Å²) >= 11 is 0. The van der Waals surface area contributed by atoms with Crippen LogP contribution in [0.1, 0.15) is 11.1 Å². The molecule has 4 N–H and O–H groups in total. The Morgan fingerprint density at radius 2 is 1.04 bits per heavy atom. The second kappa shape index (κ2) is 7.64. The second-order valence-electron chi connectivity index (χ2n) is 5.88. The van der Waals surface area contributed by atoms with Gasteiger partial charge in [0.15, 0.2) is 0 Å². The highest BCUT2D eigenvalue weighted by Gasteiger charge is 2.13. The normalized spacial score (nSPS) is 15.2. The molecule has 1 fully saturated rings. The van der Waals surface area contributed by atoms with Crippen LogP contribution in [0, 0.1) is 0 Å².